The molecule has 4 aliphatic carbocycles. The minimum Gasteiger partial charge on any atom is -0.463 e. The molecule has 186 valence electrons. The Kier molecular flexibility index (Phi) is 6.67. The van der Waals surface area contributed by atoms with Crippen molar-refractivity contribution in [2.45, 2.75) is 110 Å². The minimum atomic E-state index is -0.180. The van der Waals surface area contributed by atoms with Crippen LogP contribution in [0.2, 0.25) is 0 Å². The van der Waals surface area contributed by atoms with Crippen molar-refractivity contribution < 1.29 is 23.8 Å². The molecule has 5 fully saturated rings. The van der Waals surface area contributed by atoms with Gasteiger partial charge in [-0.25, -0.2) is 0 Å². The van der Waals surface area contributed by atoms with E-state index < -0.39 is 0 Å². The van der Waals surface area contributed by atoms with Gasteiger partial charge >= 0.3 is 5.97 Å². The van der Waals surface area contributed by atoms with E-state index in [0.717, 1.165) is 57.0 Å². The fraction of sp³-hybridized carbons (Fsp3) is 0.929. The fourth-order valence-corrected chi connectivity index (χ4v) is 9.21. The average Bonchev–Trinajstić information content (AvgIpc) is 3.15. The van der Waals surface area contributed by atoms with Crippen molar-refractivity contribution >= 4 is 11.8 Å². The number of ketones is 1. The molecule has 1 unspecified atom stereocenters. The summed E-state index contributed by atoms with van der Waals surface area (Å²) in [6, 6.07) is 0. The van der Waals surface area contributed by atoms with Gasteiger partial charge in [0.05, 0.1) is 0 Å². The fourth-order valence-electron chi connectivity index (χ4n) is 9.21. The number of carbonyl (C=O) groups excluding carboxylic acids is 2. The highest BCUT2D eigenvalue weighted by molar-refractivity contribution is 5.83. The number of hydrogen-bond acceptors (Lipinski definition) is 5. The maximum absolute atomic E-state index is 13.3. The zero-order chi connectivity index (χ0) is 23.2. The molecule has 0 N–H and O–H groups in total. The average molecular weight is 461 g/mol. The number of Topliss-reactive ketones (excluding diaryl/α,β-unsaturated/α-hetero) is 1. The van der Waals surface area contributed by atoms with Gasteiger partial charge in [0.15, 0.2) is 12.1 Å². The molecule has 0 spiro atoms. The zero-order valence-corrected chi connectivity index (χ0v) is 21.0. The van der Waals surface area contributed by atoms with E-state index in [1.165, 1.54) is 45.4 Å². The zero-order valence-electron chi connectivity index (χ0n) is 21.0. The second-order valence-corrected chi connectivity index (χ2v) is 12.4. The highest BCUT2D eigenvalue weighted by Gasteiger charge is 2.61. The first kappa shape index (κ1) is 23.8. The Labute approximate surface area is 199 Å². The maximum Gasteiger partial charge on any atom is 0.302 e. The van der Waals surface area contributed by atoms with Crippen LogP contribution in [-0.4, -0.2) is 37.4 Å². The first-order valence-corrected chi connectivity index (χ1v) is 13.7. The summed E-state index contributed by atoms with van der Waals surface area (Å²) >= 11 is 0. The van der Waals surface area contributed by atoms with Crippen LogP contribution in [0.3, 0.4) is 0 Å². The van der Waals surface area contributed by atoms with E-state index >= 15 is 0 Å². The SMILES string of the molecule is CC(=O)O[C@H]1CC[C@@]2(C)[C@@H](CC[C@@H]3[C@@H]2CC[C@]2(C)[C@@H](C(=O)COC4CCCCO4)CC[C@@H]32)C1. The highest BCUT2D eigenvalue weighted by atomic mass is 16.7. The monoisotopic (exact) mass is 460 g/mol. The van der Waals surface area contributed by atoms with Crippen molar-refractivity contribution in [1.82, 2.24) is 0 Å². The Morgan fingerprint density at radius 2 is 1.70 bits per heavy atom. The first-order valence-electron chi connectivity index (χ1n) is 13.7. The summed E-state index contributed by atoms with van der Waals surface area (Å²) in [5, 5.41) is 0. The summed E-state index contributed by atoms with van der Waals surface area (Å²) in [5.41, 5.74) is 0.498. The van der Waals surface area contributed by atoms with E-state index in [2.05, 4.69) is 13.8 Å². The summed E-state index contributed by atoms with van der Waals surface area (Å²) in [4.78, 5) is 24.8. The molecular formula is C28H44O5. The van der Waals surface area contributed by atoms with Gasteiger partial charge in [0.1, 0.15) is 12.7 Å². The Morgan fingerprint density at radius 3 is 2.45 bits per heavy atom. The van der Waals surface area contributed by atoms with Gasteiger partial charge in [-0.1, -0.05) is 13.8 Å². The van der Waals surface area contributed by atoms with E-state index in [4.69, 9.17) is 14.2 Å². The van der Waals surface area contributed by atoms with Crippen LogP contribution >= 0.6 is 0 Å². The summed E-state index contributed by atoms with van der Waals surface area (Å²) in [6.45, 7) is 7.48. The molecule has 5 aliphatic rings. The predicted molar refractivity (Wildman–Crippen MR) is 125 cm³/mol. The molecule has 4 saturated carbocycles. The molecule has 0 amide bonds. The highest BCUT2D eigenvalue weighted by Crippen LogP contribution is 2.67. The molecule has 0 aromatic heterocycles. The third-order valence-corrected chi connectivity index (χ3v) is 10.9. The van der Waals surface area contributed by atoms with Gasteiger partial charge in [0, 0.05) is 19.4 Å². The van der Waals surface area contributed by atoms with E-state index in [0.29, 0.717) is 23.0 Å². The van der Waals surface area contributed by atoms with Gasteiger partial charge < -0.3 is 14.2 Å². The molecule has 0 bridgehead atoms. The molecule has 0 aromatic rings. The van der Waals surface area contributed by atoms with Crippen molar-refractivity contribution in [3.8, 4) is 0 Å². The van der Waals surface area contributed by atoms with Gasteiger partial charge in [0.25, 0.3) is 0 Å². The van der Waals surface area contributed by atoms with Crippen molar-refractivity contribution in [3.05, 3.63) is 0 Å². The van der Waals surface area contributed by atoms with Crippen LogP contribution in [0.1, 0.15) is 97.8 Å². The largest absolute Gasteiger partial charge is 0.463 e. The summed E-state index contributed by atoms with van der Waals surface area (Å²) in [5.74, 6) is 3.17. The van der Waals surface area contributed by atoms with Crippen LogP contribution in [0, 0.1) is 40.4 Å². The lowest BCUT2D eigenvalue weighted by atomic mass is 9.44. The molecular weight excluding hydrogens is 416 g/mol. The number of esters is 1. The second-order valence-electron chi connectivity index (χ2n) is 12.4. The molecule has 1 aliphatic heterocycles. The molecule has 5 nitrogen and oxygen atoms in total. The Bertz CT molecular complexity index is 745. The predicted octanol–water partition coefficient (Wildman–Crippen LogP) is 5.69. The van der Waals surface area contributed by atoms with Crippen LogP contribution < -0.4 is 0 Å². The molecule has 5 heteroatoms. The van der Waals surface area contributed by atoms with Crippen LogP contribution in [-0.2, 0) is 23.8 Å². The molecule has 9 atom stereocenters. The normalized spacial score (nSPS) is 47.2. The van der Waals surface area contributed by atoms with E-state index in [-0.39, 0.29) is 36.3 Å². The van der Waals surface area contributed by atoms with Gasteiger partial charge in [-0.3, -0.25) is 9.59 Å². The van der Waals surface area contributed by atoms with Crippen molar-refractivity contribution in [3.63, 3.8) is 0 Å². The lowest BCUT2D eigenvalue weighted by Crippen LogP contribution is -2.54. The van der Waals surface area contributed by atoms with Gasteiger partial charge in [0.2, 0.25) is 0 Å². The number of fused-ring (bicyclic) bond motifs is 5. The van der Waals surface area contributed by atoms with E-state index in [1.807, 2.05) is 0 Å². The maximum atomic E-state index is 13.3. The number of ether oxygens (including phenoxy) is 3. The van der Waals surface area contributed by atoms with Crippen molar-refractivity contribution in [1.29, 1.82) is 0 Å². The van der Waals surface area contributed by atoms with E-state index in [1.54, 1.807) is 0 Å². The first-order chi connectivity index (χ1) is 15.8. The van der Waals surface area contributed by atoms with Gasteiger partial charge in [-0.2, -0.15) is 0 Å². The molecule has 33 heavy (non-hydrogen) atoms. The number of rotatable bonds is 5. The third-order valence-electron chi connectivity index (χ3n) is 10.9. The summed E-state index contributed by atoms with van der Waals surface area (Å²) in [6.07, 6.45) is 13.5. The second kappa shape index (κ2) is 9.26. The third kappa shape index (κ3) is 4.30. The Balaban J connectivity index is 1.24. The smallest absolute Gasteiger partial charge is 0.302 e. The van der Waals surface area contributed by atoms with Gasteiger partial charge in [-0.05, 0) is 112 Å². The Hall–Kier alpha value is -0.940. The molecule has 0 radical (unpaired) electrons. The lowest BCUT2D eigenvalue weighted by Gasteiger charge is -2.61. The van der Waals surface area contributed by atoms with E-state index in [9.17, 15) is 9.59 Å². The van der Waals surface area contributed by atoms with Crippen molar-refractivity contribution in [2.75, 3.05) is 13.2 Å². The molecule has 0 aromatic carbocycles. The molecule has 5 rings (SSSR count). The summed E-state index contributed by atoms with van der Waals surface area (Å²) in [7, 11) is 0. The van der Waals surface area contributed by atoms with Crippen LogP contribution in [0.4, 0.5) is 0 Å². The molecule has 1 saturated heterocycles. The van der Waals surface area contributed by atoms with Crippen molar-refractivity contribution in [2.24, 2.45) is 40.4 Å². The standard InChI is InChI=1S/C28H44O5/c1-18(29)33-20-11-13-27(2)19(16-20)7-8-21-22-9-10-24(28(22,3)14-12-23(21)27)25(30)17-32-26-6-4-5-15-31-26/h19-24,26H,4-17H2,1-3H3/t19-,20-,21-,22-,23-,24+,26?,27-,28-/m0/s1. The summed E-state index contributed by atoms with van der Waals surface area (Å²) < 4.78 is 17.2. The minimum absolute atomic E-state index is 0.118. The Morgan fingerprint density at radius 1 is 0.909 bits per heavy atom. The molecule has 1 heterocycles. The van der Waals surface area contributed by atoms with Crippen LogP contribution in [0.25, 0.3) is 0 Å². The topological polar surface area (TPSA) is 61.8 Å². The quantitative estimate of drug-likeness (QED) is 0.493. The lowest BCUT2D eigenvalue weighted by molar-refractivity contribution is -0.174. The van der Waals surface area contributed by atoms with Gasteiger partial charge in [-0.15, -0.1) is 0 Å². The number of carbonyl (C=O) groups is 2. The van der Waals surface area contributed by atoms with Crippen LogP contribution in [0.5, 0.6) is 0 Å². The number of hydrogen-bond donors (Lipinski definition) is 0. The van der Waals surface area contributed by atoms with Crippen LogP contribution in [0.15, 0.2) is 0 Å².